The lowest BCUT2D eigenvalue weighted by Gasteiger charge is -2.27. The van der Waals surface area contributed by atoms with Gasteiger partial charge in [0.15, 0.2) is 0 Å². The number of carbonyl (C=O) groups is 2. The van der Waals surface area contributed by atoms with E-state index in [4.69, 9.17) is 4.74 Å². The molecule has 3 aromatic rings. The lowest BCUT2D eigenvalue weighted by Crippen LogP contribution is -2.30. The molecule has 190 valence electrons. The zero-order valence-corrected chi connectivity index (χ0v) is 20.7. The Morgan fingerprint density at radius 2 is 1.62 bits per heavy atom. The number of benzene rings is 3. The van der Waals surface area contributed by atoms with Gasteiger partial charge in [-0.2, -0.15) is 0 Å². The van der Waals surface area contributed by atoms with Crippen molar-refractivity contribution in [3.05, 3.63) is 99.6 Å². The van der Waals surface area contributed by atoms with Crippen LogP contribution in [-0.4, -0.2) is 41.9 Å². The molecule has 9 heteroatoms. The summed E-state index contributed by atoms with van der Waals surface area (Å²) in [6, 6.07) is 18.6. The van der Waals surface area contributed by atoms with E-state index >= 15 is 0 Å². The van der Waals surface area contributed by atoms with Crippen molar-refractivity contribution in [2.45, 2.75) is 19.9 Å². The fourth-order valence-corrected chi connectivity index (χ4v) is 4.58. The van der Waals surface area contributed by atoms with Crippen molar-refractivity contribution in [2.75, 3.05) is 30.0 Å². The van der Waals surface area contributed by atoms with Gasteiger partial charge in [-0.1, -0.05) is 24.3 Å². The lowest BCUT2D eigenvalue weighted by molar-refractivity contribution is -0.384. The van der Waals surface area contributed by atoms with Crippen LogP contribution in [0.2, 0.25) is 0 Å². The maximum Gasteiger partial charge on any atom is 0.300 e. The van der Waals surface area contributed by atoms with Gasteiger partial charge >= 0.3 is 0 Å². The molecule has 1 aliphatic rings. The number of Topliss-reactive ketones (excluding diaryl/α,β-unsaturated/α-hetero) is 1. The van der Waals surface area contributed by atoms with Gasteiger partial charge in [0.25, 0.3) is 17.4 Å². The molecule has 1 amide bonds. The molecule has 0 aromatic heterocycles. The van der Waals surface area contributed by atoms with Crippen molar-refractivity contribution in [2.24, 2.45) is 0 Å². The van der Waals surface area contributed by atoms with Gasteiger partial charge in [0.1, 0.15) is 11.5 Å². The van der Waals surface area contributed by atoms with E-state index in [0.29, 0.717) is 17.0 Å². The van der Waals surface area contributed by atoms with Crippen LogP contribution in [0.1, 0.15) is 31.0 Å². The van der Waals surface area contributed by atoms with Crippen molar-refractivity contribution in [3.8, 4) is 5.75 Å². The predicted octanol–water partition coefficient (Wildman–Crippen LogP) is 5.08. The zero-order valence-electron chi connectivity index (χ0n) is 20.7. The third-order valence-corrected chi connectivity index (χ3v) is 6.48. The van der Waals surface area contributed by atoms with Gasteiger partial charge in [0.05, 0.1) is 29.3 Å². The number of non-ortho nitro benzene ring substituents is 1. The van der Waals surface area contributed by atoms with Crippen LogP contribution in [0.5, 0.6) is 5.75 Å². The first kappa shape index (κ1) is 25.4. The molecule has 1 saturated heterocycles. The summed E-state index contributed by atoms with van der Waals surface area (Å²) in [6.07, 6.45) is 0. The van der Waals surface area contributed by atoms with E-state index in [1.165, 1.54) is 36.3 Å². The van der Waals surface area contributed by atoms with Gasteiger partial charge in [-0.25, -0.2) is 0 Å². The highest BCUT2D eigenvalue weighted by atomic mass is 16.6. The molecule has 4 rings (SSSR count). The highest BCUT2D eigenvalue weighted by Crippen LogP contribution is 2.45. The van der Waals surface area contributed by atoms with E-state index in [1.807, 2.05) is 24.3 Å². The van der Waals surface area contributed by atoms with Crippen LogP contribution in [0.25, 0.3) is 5.76 Å². The van der Waals surface area contributed by atoms with Gasteiger partial charge in [-0.05, 0) is 55.8 Å². The van der Waals surface area contributed by atoms with Crippen LogP contribution >= 0.6 is 0 Å². The summed E-state index contributed by atoms with van der Waals surface area (Å²) >= 11 is 0. The summed E-state index contributed by atoms with van der Waals surface area (Å²) in [5, 5.41) is 22.3. The summed E-state index contributed by atoms with van der Waals surface area (Å²) in [5.74, 6) is -1.70. The zero-order chi connectivity index (χ0) is 26.7. The van der Waals surface area contributed by atoms with Crippen LogP contribution in [0, 0.1) is 10.1 Å². The van der Waals surface area contributed by atoms with Gasteiger partial charge in [0.2, 0.25) is 0 Å². The average molecular weight is 502 g/mol. The highest BCUT2D eigenvalue weighted by Gasteiger charge is 2.47. The third-order valence-electron chi connectivity index (χ3n) is 6.48. The summed E-state index contributed by atoms with van der Waals surface area (Å²) in [5.41, 5.74) is 1.90. The van der Waals surface area contributed by atoms with E-state index in [0.717, 1.165) is 18.8 Å². The molecule has 0 saturated carbocycles. The van der Waals surface area contributed by atoms with Crippen molar-refractivity contribution < 1.29 is 24.4 Å². The third kappa shape index (κ3) is 4.63. The number of ketones is 1. The molecule has 1 N–H and O–H groups in total. The van der Waals surface area contributed by atoms with Crippen molar-refractivity contribution in [1.82, 2.24) is 0 Å². The Hall–Kier alpha value is -4.66. The fourth-order valence-electron chi connectivity index (χ4n) is 4.58. The molecule has 3 aromatic carbocycles. The van der Waals surface area contributed by atoms with Crippen LogP contribution in [-0.2, 0) is 9.59 Å². The lowest BCUT2D eigenvalue weighted by atomic mass is 9.94. The van der Waals surface area contributed by atoms with E-state index < -0.39 is 28.4 Å². The molecule has 0 bridgehead atoms. The van der Waals surface area contributed by atoms with Gasteiger partial charge in [0, 0.05) is 36.5 Å². The Labute approximate surface area is 214 Å². The largest absolute Gasteiger partial charge is 0.507 e. The number of carbonyl (C=O) groups excluding carboxylic acids is 2. The van der Waals surface area contributed by atoms with Crippen LogP contribution in [0.4, 0.5) is 17.1 Å². The number of nitro groups is 1. The monoisotopic (exact) mass is 501 g/mol. The van der Waals surface area contributed by atoms with Crippen molar-refractivity contribution in [3.63, 3.8) is 0 Å². The number of hydrogen-bond acceptors (Lipinski definition) is 7. The number of hydrogen-bond donors (Lipinski definition) is 1. The second-order valence-corrected chi connectivity index (χ2v) is 8.41. The minimum atomic E-state index is -0.947. The SMILES string of the molecule is CCN(CC)c1ccc(C2/C(=C(/O)c3ccc([N+](=O)[O-])cc3)C(=O)C(=O)N2c2ccccc2OC)cc1. The number of methoxy groups -OCH3 is 1. The van der Waals surface area contributed by atoms with Crippen molar-refractivity contribution in [1.29, 1.82) is 0 Å². The maximum absolute atomic E-state index is 13.4. The summed E-state index contributed by atoms with van der Waals surface area (Å²) in [4.78, 5) is 40.8. The molecule has 1 heterocycles. The second-order valence-electron chi connectivity index (χ2n) is 8.41. The van der Waals surface area contributed by atoms with Crippen LogP contribution in [0.15, 0.2) is 78.4 Å². The minimum Gasteiger partial charge on any atom is -0.507 e. The number of para-hydroxylation sites is 2. The molecular weight excluding hydrogens is 474 g/mol. The number of amides is 1. The number of aliphatic hydroxyl groups excluding tert-OH is 1. The van der Waals surface area contributed by atoms with Crippen molar-refractivity contribution >= 4 is 34.5 Å². The van der Waals surface area contributed by atoms with Gasteiger partial charge in [-0.15, -0.1) is 0 Å². The number of aliphatic hydroxyl groups is 1. The number of nitrogens with zero attached hydrogens (tertiary/aromatic N) is 3. The normalized spacial score (nSPS) is 16.6. The minimum absolute atomic E-state index is 0.111. The summed E-state index contributed by atoms with van der Waals surface area (Å²) < 4.78 is 5.47. The highest BCUT2D eigenvalue weighted by molar-refractivity contribution is 6.51. The quantitative estimate of drug-likeness (QED) is 0.151. The van der Waals surface area contributed by atoms with E-state index in [2.05, 4.69) is 18.7 Å². The Kier molecular flexibility index (Phi) is 7.24. The second kappa shape index (κ2) is 10.5. The molecule has 37 heavy (non-hydrogen) atoms. The Bertz CT molecular complexity index is 1360. The molecule has 0 radical (unpaired) electrons. The number of rotatable bonds is 8. The van der Waals surface area contributed by atoms with E-state index in [1.54, 1.807) is 24.3 Å². The van der Waals surface area contributed by atoms with E-state index in [9.17, 15) is 24.8 Å². The molecule has 1 atom stereocenters. The van der Waals surface area contributed by atoms with E-state index in [-0.39, 0.29) is 16.8 Å². The topological polar surface area (TPSA) is 113 Å². The number of anilines is 2. The average Bonchev–Trinajstić information content (AvgIpc) is 3.19. The predicted molar refractivity (Wildman–Crippen MR) is 141 cm³/mol. The maximum atomic E-state index is 13.4. The van der Waals surface area contributed by atoms with Gasteiger partial charge < -0.3 is 14.7 Å². The molecule has 0 aliphatic carbocycles. The molecule has 9 nitrogen and oxygen atoms in total. The smallest absolute Gasteiger partial charge is 0.300 e. The number of nitro benzene ring substituents is 1. The Balaban J connectivity index is 1.91. The molecule has 0 spiro atoms. The fraction of sp³-hybridized carbons (Fsp3) is 0.214. The first-order valence-corrected chi connectivity index (χ1v) is 11.9. The summed E-state index contributed by atoms with van der Waals surface area (Å²) in [6.45, 7) is 5.74. The first-order chi connectivity index (χ1) is 17.8. The molecule has 1 unspecified atom stereocenters. The van der Waals surface area contributed by atoms with Crippen LogP contribution in [0.3, 0.4) is 0 Å². The Morgan fingerprint density at radius 3 is 2.19 bits per heavy atom. The standard InChI is InChI=1S/C28H27N3O6/c1-4-29(5-2)20-14-10-18(11-15-20)25-24(26(32)19-12-16-21(17-13-19)31(35)36)27(33)28(34)30(25)22-8-6-7-9-23(22)37-3/h6-17,25,32H,4-5H2,1-3H3/b26-24-. The molecule has 1 fully saturated rings. The Morgan fingerprint density at radius 1 is 1.00 bits per heavy atom. The van der Waals surface area contributed by atoms with Crippen LogP contribution < -0.4 is 14.5 Å². The molecule has 1 aliphatic heterocycles. The molecular formula is C28H27N3O6. The summed E-state index contributed by atoms with van der Waals surface area (Å²) in [7, 11) is 1.47. The van der Waals surface area contributed by atoms with Gasteiger partial charge in [-0.3, -0.25) is 24.6 Å². The first-order valence-electron chi connectivity index (χ1n) is 11.9. The number of ether oxygens (including phenoxy) is 1.